The number of amides is 1. The molecule has 1 aromatic rings. The summed E-state index contributed by atoms with van der Waals surface area (Å²) in [6.45, 7) is 0.648. The number of benzene rings is 1. The first kappa shape index (κ1) is 15.3. The minimum absolute atomic E-state index is 0.00489. The molecule has 0 bridgehead atoms. The van der Waals surface area contributed by atoms with Crippen LogP contribution in [0.5, 0.6) is 0 Å². The zero-order valence-corrected chi connectivity index (χ0v) is 11.9. The molecule has 1 unspecified atom stereocenters. The summed E-state index contributed by atoms with van der Waals surface area (Å²) >= 11 is 5.97. The summed E-state index contributed by atoms with van der Waals surface area (Å²) in [6.07, 6.45) is 1.08. The second kappa shape index (κ2) is 7.04. The number of hydrogen-bond acceptors (Lipinski definition) is 4. The Bertz CT molecular complexity index is 469. The van der Waals surface area contributed by atoms with Gasteiger partial charge in [0, 0.05) is 24.2 Å². The van der Waals surface area contributed by atoms with Crippen LogP contribution in [-0.4, -0.2) is 36.2 Å². The largest absolute Gasteiger partial charge is 0.396 e. The Hall–Kier alpha value is -1.14. The lowest BCUT2D eigenvalue weighted by Crippen LogP contribution is -2.42. The Morgan fingerprint density at radius 2 is 2.40 bits per heavy atom. The van der Waals surface area contributed by atoms with Gasteiger partial charge in [-0.15, -0.1) is 0 Å². The maximum atomic E-state index is 12.2. The number of aliphatic hydroxyl groups is 1. The molecule has 0 aliphatic carbocycles. The average molecular weight is 298 g/mol. The molecule has 1 amide bonds. The molecule has 3 atom stereocenters. The summed E-state index contributed by atoms with van der Waals surface area (Å²) in [5.74, 6) is -0.0867. The highest BCUT2D eigenvalue weighted by Crippen LogP contribution is 2.21. The van der Waals surface area contributed by atoms with Crippen LogP contribution in [0.15, 0.2) is 24.3 Å². The SMILES string of the molecule is N[C@@H]1CN[C@H](C(=O)NC(CCO)c2cccc(Cl)c2)C1. The molecule has 1 aliphatic heterocycles. The lowest BCUT2D eigenvalue weighted by Gasteiger charge is -2.21. The van der Waals surface area contributed by atoms with Crippen molar-refractivity contribution in [3.63, 3.8) is 0 Å². The van der Waals surface area contributed by atoms with Crippen LogP contribution in [0.3, 0.4) is 0 Å². The first-order valence-corrected chi connectivity index (χ1v) is 7.13. The number of halogens is 1. The third-order valence-corrected chi connectivity index (χ3v) is 3.70. The van der Waals surface area contributed by atoms with E-state index in [1.807, 2.05) is 12.1 Å². The maximum Gasteiger partial charge on any atom is 0.237 e. The van der Waals surface area contributed by atoms with E-state index >= 15 is 0 Å². The number of nitrogens with one attached hydrogen (secondary N) is 2. The van der Waals surface area contributed by atoms with Crippen LogP contribution in [0.25, 0.3) is 0 Å². The predicted molar refractivity (Wildman–Crippen MR) is 78.4 cm³/mol. The molecule has 6 heteroatoms. The van der Waals surface area contributed by atoms with Gasteiger partial charge < -0.3 is 21.5 Å². The van der Waals surface area contributed by atoms with Gasteiger partial charge in [-0.3, -0.25) is 4.79 Å². The molecule has 1 aromatic carbocycles. The average Bonchev–Trinajstić information content (AvgIpc) is 2.85. The van der Waals surface area contributed by atoms with E-state index in [0.29, 0.717) is 24.4 Å². The predicted octanol–water partition coefficient (Wildman–Crippen LogP) is 0.569. The van der Waals surface area contributed by atoms with Crippen molar-refractivity contribution in [2.45, 2.75) is 31.0 Å². The monoisotopic (exact) mass is 297 g/mol. The Kier molecular flexibility index (Phi) is 5.37. The minimum atomic E-state index is -0.259. The van der Waals surface area contributed by atoms with Crippen molar-refractivity contribution in [2.75, 3.05) is 13.2 Å². The lowest BCUT2D eigenvalue weighted by atomic mass is 10.0. The molecule has 1 aliphatic rings. The first-order chi connectivity index (χ1) is 9.60. The van der Waals surface area contributed by atoms with Crippen molar-refractivity contribution < 1.29 is 9.90 Å². The number of nitrogens with two attached hydrogens (primary N) is 1. The zero-order valence-electron chi connectivity index (χ0n) is 11.2. The minimum Gasteiger partial charge on any atom is -0.396 e. The zero-order chi connectivity index (χ0) is 14.5. The Labute approximate surface area is 123 Å². The van der Waals surface area contributed by atoms with E-state index in [1.54, 1.807) is 12.1 Å². The topological polar surface area (TPSA) is 87.4 Å². The van der Waals surface area contributed by atoms with E-state index < -0.39 is 0 Å². The van der Waals surface area contributed by atoms with Gasteiger partial charge in [0.1, 0.15) is 0 Å². The second-order valence-electron chi connectivity index (χ2n) is 5.09. The van der Waals surface area contributed by atoms with E-state index in [1.165, 1.54) is 0 Å². The van der Waals surface area contributed by atoms with Crippen LogP contribution in [-0.2, 0) is 4.79 Å². The van der Waals surface area contributed by atoms with Crippen LogP contribution in [0.4, 0.5) is 0 Å². The summed E-state index contributed by atoms with van der Waals surface area (Å²) in [5, 5.41) is 15.8. The maximum absolute atomic E-state index is 12.2. The quantitative estimate of drug-likeness (QED) is 0.640. The highest BCUT2D eigenvalue weighted by molar-refractivity contribution is 6.30. The number of carbonyl (C=O) groups is 1. The van der Waals surface area contributed by atoms with E-state index in [0.717, 1.165) is 5.56 Å². The van der Waals surface area contributed by atoms with Gasteiger partial charge in [-0.05, 0) is 30.5 Å². The molecule has 0 aromatic heterocycles. The van der Waals surface area contributed by atoms with Crippen molar-refractivity contribution in [1.29, 1.82) is 0 Å². The fourth-order valence-electron chi connectivity index (χ4n) is 2.41. The number of carbonyl (C=O) groups excluding carboxylic acids is 1. The summed E-state index contributed by atoms with van der Waals surface area (Å²) in [4.78, 5) is 12.2. The molecule has 1 saturated heterocycles. The summed E-state index contributed by atoms with van der Waals surface area (Å²) < 4.78 is 0. The molecule has 5 nitrogen and oxygen atoms in total. The molecular weight excluding hydrogens is 278 g/mol. The van der Waals surface area contributed by atoms with Crippen molar-refractivity contribution in [2.24, 2.45) is 5.73 Å². The van der Waals surface area contributed by atoms with E-state index in [-0.39, 0.29) is 30.6 Å². The van der Waals surface area contributed by atoms with Gasteiger partial charge in [0.15, 0.2) is 0 Å². The van der Waals surface area contributed by atoms with Gasteiger partial charge in [-0.2, -0.15) is 0 Å². The highest BCUT2D eigenvalue weighted by atomic mass is 35.5. The first-order valence-electron chi connectivity index (χ1n) is 6.76. The second-order valence-corrected chi connectivity index (χ2v) is 5.52. The molecule has 0 spiro atoms. The van der Waals surface area contributed by atoms with Crippen LogP contribution in [0.1, 0.15) is 24.4 Å². The smallest absolute Gasteiger partial charge is 0.237 e. The summed E-state index contributed by atoms with van der Waals surface area (Å²) in [7, 11) is 0. The fraction of sp³-hybridized carbons (Fsp3) is 0.500. The number of aliphatic hydroxyl groups excluding tert-OH is 1. The molecule has 20 heavy (non-hydrogen) atoms. The van der Waals surface area contributed by atoms with Crippen LogP contribution < -0.4 is 16.4 Å². The van der Waals surface area contributed by atoms with Gasteiger partial charge in [0.05, 0.1) is 12.1 Å². The van der Waals surface area contributed by atoms with Gasteiger partial charge in [0.2, 0.25) is 5.91 Å². The van der Waals surface area contributed by atoms with Gasteiger partial charge in [-0.25, -0.2) is 0 Å². The van der Waals surface area contributed by atoms with E-state index in [9.17, 15) is 4.79 Å². The molecule has 2 rings (SSSR count). The van der Waals surface area contributed by atoms with Crippen LogP contribution in [0.2, 0.25) is 5.02 Å². The van der Waals surface area contributed by atoms with E-state index in [4.69, 9.17) is 22.4 Å². The number of hydrogen-bond donors (Lipinski definition) is 4. The van der Waals surface area contributed by atoms with Crippen molar-refractivity contribution in [1.82, 2.24) is 10.6 Å². The van der Waals surface area contributed by atoms with Crippen LogP contribution in [0, 0.1) is 0 Å². The molecule has 110 valence electrons. The lowest BCUT2D eigenvalue weighted by molar-refractivity contribution is -0.123. The Balaban J connectivity index is 2.03. The molecule has 1 heterocycles. The Morgan fingerprint density at radius 1 is 1.60 bits per heavy atom. The normalized spacial score (nSPS) is 23.6. The molecule has 1 fully saturated rings. The van der Waals surface area contributed by atoms with Gasteiger partial charge >= 0.3 is 0 Å². The summed E-state index contributed by atoms with van der Waals surface area (Å²) in [6, 6.07) is 6.82. The van der Waals surface area contributed by atoms with Crippen molar-refractivity contribution >= 4 is 17.5 Å². The van der Waals surface area contributed by atoms with E-state index in [2.05, 4.69) is 10.6 Å². The van der Waals surface area contributed by atoms with Crippen LogP contribution >= 0.6 is 11.6 Å². The van der Waals surface area contributed by atoms with Crippen molar-refractivity contribution in [3.8, 4) is 0 Å². The molecule has 5 N–H and O–H groups in total. The highest BCUT2D eigenvalue weighted by Gasteiger charge is 2.28. The van der Waals surface area contributed by atoms with Gasteiger partial charge in [-0.1, -0.05) is 23.7 Å². The fourth-order valence-corrected chi connectivity index (χ4v) is 2.61. The number of rotatable bonds is 5. The molecular formula is C14H20ClN3O2. The molecule has 0 radical (unpaired) electrons. The molecule has 0 saturated carbocycles. The standard InChI is InChI=1S/C14H20ClN3O2/c15-10-3-1-2-9(6-10)12(4-5-19)18-14(20)13-7-11(16)8-17-13/h1-3,6,11-13,17,19H,4-5,7-8,16H2,(H,18,20)/t11-,12?,13-/m0/s1. The summed E-state index contributed by atoms with van der Waals surface area (Å²) in [5.41, 5.74) is 6.67. The third-order valence-electron chi connectivity index (χ3n) is 3.47. The van der Waals surface area contributed by atoms with Gasteiger partial charge in [0.25, 0.3) is 0 Å². The Morgan fingerprint density at radius 3 is 3.00 bits per heavy atom. The third kappa shape index (κ3) is 3.93. The van der Waals surface area contributed by atoms with Crippen molar-refractivity contribution in [3.05, 3.63) is 34.9 Å².